The standard InChI is InChI=1S/C6H14O6.4C4H6O2/c7-1-3(9)5(11)6(12)4(10)2-8;4*1-2-3-4(5)6/h3-12H,1-2H2;4*2-3H,1H3,(H,5,6)/b;4*3-2+/t3-,4+,5-,6-;;;;/m1..../s1. The number of carboxylic acids is 4. The van der Waals surface area contributed by atoms with Crippen LogP contribution >= 0.6 is 0 Å². The van der Waals surface area contributed by atoms with Gasteiger partial charge in [0.15, 0.2) is 0 Å². The molecule has 36 heavy (non-hydrogen) atoms. The van der Waals surface area contributed by atoms with E-state index in [1.54, 1.807) is 27.7 Å². The second kappa shape index (κ2) is 31.6. The Kier molecular flexibility index (Phi) is 37.5. The van der Waals surface area contributed by atoms with Crippen molar-refractivity contribution in [2.24, 2.45) is 0 Å². The van der Waals surface area contributed by atoms with Gasteiger partial charge >= 0.3 is 23.9 Å². The zero-order valence-corrected chi connectivity index (χ0v) is 20.4. The van der Waals surface area contributed by atoms with E-state index >= 15 is 0 Å². The van der Waals surface area contributed by atoms with E-state index in [2.05, 4.69) is 0 Å². The molecule has 0 unspecified atom stereocenters. The van der Waals surface area contributed by atoms with Crippen LogP contribution < -0.4 is 0 Å². The van der Waals surface area contributed by atoms with Crippen molar-refractivity contribution in [2.75, 3.05) is 13.2 Å². The fraction of sp³-hybridized carbons (Fsp3) is 0.455. The molecular formula is C22H38O14. The Balaban J connectivity index is -0.000000116. The predicted molar refractivity (Wildman–Crippen MR) is 128 cm³/mol. The maximum Gasteiger partial charge on any atom is 0.327 e. The van der Waals surface area contributed by atoms with E-state index in [1.807, 2.05) is 0 Å². The summed E-state index contributed by atoms with van der Waals surface area (Å²) in [7, 11) is 0. The quantitative estimate of drug-likeness (QED) is 0.161. The molecule has 14 nitrogen and oxygen atoms in total. The molecule has 0 radical (unpaired) electrons. The fourth-order valence-corrected chi connectivity index (χ4v) is 1.24. The van der Waals surface area contributed by atoms with Crippen molar-refractivity contribution in [2.45, 2.75) is 52.1 Å². The zero-order chi connectivity index (χ0) is 29.7. The molecule has 0 heterocycles. The lowest BCUT2D eigenvalue weighted by molar-refractivity contribution is -0.132. The van der Waals surface area contributed by atoms with Gasteiger partial charge in [0.25, 0.3) is 0 Å². The number of carbonyl (C=O) groups is 4. The van der Waals surface area contributed by atoms with Crippen LogP contribution in [0.25, 0.3) is 0 Å². The number of carboxylic acid groups (broad SMARTS) is 4. The molecule has 210 valence electrons. The molecule has 10 N–H and O–H groups in total. The first kappa shape index (κ1) is 42.7. The molecule has 14 heteroatoms. The van der Waals surface area contributed by atoms with Gasteiger partial charge in [-0.15, -0.1) is 0 Å². The van der Waals surface area contributed by atoms with E-state index in [1.165, 1.54) is 24.3 Å². The summed E-state index contributed by atoms with van der Waals surface area (Å²) in [4.78, 5) is 38.0. The molecule has 0 aromatic rings. The third-order valence-corrected chi connectivity index (χ3v) is 2.75. The third-order valence-electron chi connectivity index (χ3n) is 2.75. The van der Waals surface area contributed by atoms with Crippen molar-refractivity contribution < 1.29 is 70.2 Å². The Morgan fingerprint density at radius 3 is 0.722 bits per heavy atom. The lowest BCUT2D eigenvalue weighted by Crippen LogP contribution is -2.46. The number of rotatable bonds is 9. The van der Waals surface area contributed by atoms with Gasteiger partial charge in [-0.1, -0.05) is 24.3 Å². The highest BCUT2D eigenvalue weighted by molar-refractivity contribution is 5.80. The first-order valence-electron chi connectivity index (χ1n) is 9.99. The molecule has 0 saturated carbocycles. The number of aliphatic hydroxyl groups excluding tert-OH is 6. The van der Waals surface area contributed by atoms with E-state index < -0.39 is 61.5 Å². The summed E-state index contributed by atoms with van der Waals surface area (Å²) in [5.41, 5.74) is 0. The van der Waals surface area contributed by atoms with Crippen molar-refractivity contribution in [1.82, 2.24) is 0 Å². The van der Waals surface area contributed by atoms with Crippen LogP contribution in [0.5, 0.6) is 0 Å². The summed E-state index contributed by atoms with van der Waals surface area (Å²) in [5.74, 6) is -3.56. The smallest absolute Gasteiger partial charge is 0.327 e. The van der Waals surface area contributed by atoms with Gasteiger partial charge in [-0.3, -0.25) is 0 Å². The molecule has 0 fully saturated rings. The number of hydrogen-bond donors (Lipinski definition) is 10. The second-order valence-corrected chi connectivity index (χ2v) is 5.83. The normalized spacial score (nSPS) is 13.5. The van der Waals surface area contributed by atoms with Crippen LogP contribution in [0.2, 0.25) is 0 Å². The number of allylic oxidation sites excluding steroid dienone is 4. The Morgan fingerprint density at radius 2 is 0.667 bits per heavy atom. The van der Waals surface area contributed by atoms with Crippen molar-refractivity contribution in [3.05, 3.63) is 48.6 Å². The molecule has 0 saturated heterocycles. The molecule has 0 aliphatic rings. The molecule has 0 aliphatic heterocycles. The molecule has 0 bridgehead atoms. The highest BCUT2D eigenvalue weighted by Gasteiger charge is 2.29. The van der Waals surface area contributed by atoms with Crippen LogP contribution in [0, 0.1) is 0 Å². The lowest BCUT2D eigenvalue weighted by Gasteiger charge is -2.24. The van der Waals surface area contributed by atoms with Gasteiger partial charge in [0.05, 0.1) is 13.2 Å². The first-order chi connectivity index (χ1) is 16.6. The van der Waals surface area contributed by atoms with Crippen LogP contribution in [0.4, 0.5) is 0 Å². The van der Waals surface area contributed by atoms with Gasteiger partial charge in [0.1, 0.15) is 24.4 Å². The largest absolute Gasteiger partial charge is 0.478 e. The minimum Gasteiger partial charge on any atom is -0.478 e. The summed E-state index contributed by atoms with van der Waals surface area (Å²) >= 11 is 0. The first-order valence-corrected chi connectivity index (χ1v) is 9.99. The molecular weight excluding hydrogens is 488 g/mol. The van der Waals surface area contributed by atoms with Crippen molar-refractivity contribution in [1.29, 1.82) is 0 Å². The van der Waals surface area contributed by atoms with E-state index in [0.717, 1.165) is 24.3 Å². The average Bonchev–Trinajstić information content (AvgIpc) is 2.78. The average molecular weight is 527 g/mol. The second-order valence-electron chi connectivity index (χ2n) is 5.83. The van der Waals surface area contributed by atoms with Crippen molar-refractivity contribution in [3.8, 4) is 0 Å². The van der Waals surface area contributed by atoms with Crippen LogP contribution in [0.15, 0.2) is 48.6 Å². The van der Waals surface area contributed by atoms with Gasteiger partial charge in [-0.25, -0.2) is 19.2 Å². The summed E-state index contributed by atoms with van der Waals surface area (Å²) in [6.45, 7) is 5.19. The monoisotopic (exact) mass is 526 g/mol. The summed E-state index contributed by atoms with van der Waals surface area (Å²) < 4.78 is 0. The highest BCUT2D eigenvalue weighted by Crippen LogP contribution is 2.04. The van der Waals surface area contributed by atoms with E-state index in [-0.39, 0.29) is 0 Å². The van der Waals surface area contributed by atoms with Gasteiger partial charge < -0.3 is 51.1 Å². The van der Waals surface area contributed by atoms with Gasteiger partial charge in [0, 0.05) is 24.3 Å². The zero-order valence-electron chi connectivity index (χ0n) is 20.4. The van der Waals surface area contributed by atoms with Gasteiger partial charge in [-0.2, -0.15) is 0 Å². The van der Waals surface area contributed by atoms with Crippen LogP contribution in [-0.2, 0) is 19.2 Å². The maximum atomic E-state index is 9.51. The number of aliphatic hydroxyl groups is 6. The minimum atomic E-state index is -1.67. The third kappa shape index (κ3) is 44.3. The van der Waals surface area contributed by atoms with Crippen molar-refractivity contribution in [3.63, 3.8) is 0 Å². The van der Waals surface area contributed by atoms with Gasteiger partial charge in [0.2, 0.25) is 0 Å². The summed E-state index contributed by atoms with van der Waals surface area (Å²) in [6, 6.07) is 0. The molecule has 0 aromatic heterocycles. The summed E-state index contributed by atoms with van der Waals surface area (Å²) in [6.07, 6.45) is 3.84. The number of aliphatic carboxylic acids is 4. The Morgan fingerprint density at radius 1 is 0.500 bits per heavy atom. The highest BCUT2D eigenvalue weighted by atomic mass is 16.4. The lowest BCUT2D eigenvalue weighted by atomic mass is 10.0. The van der Waals surface area contributed by atoms with Crippen LogP contribution in [0.1, 0.15) is 27.7 Å². The molecule has 0 aliphatic carbocycles. The van der Waals surface area contributed by atoms with Crippen LogP contribution in [0.3, 0.4) is 0 Å². The molecule has 0 aromatic carbocycles. The van der Waals surface area contributed by atoms with Crippen LogP contribution in [-0.4, -0.2) is 113 Å². The summed E-state index contributed by atoms with van der Waals surface area (Å²) in [5, 5.41) is 83.5. The van der Waals surface area contributed by atoms with E-state index in [0.29, 0.717) is 0 Å². The molecule has 0 spiro atoms. The maximum absolute atomic E-state index is 9.51. The Hall–Kier alpha value is -3.40. The topological polar surface area (TPSA) is 271 Å². The van der Waals surface area contributed by atoms with Crippen molar-refractivity contribution >= 4 is 23.9 Å². The number of hydrogen-bond acceptors (Lipinski definition) is 10. The minimum absolute atomic E-state index is 0.726. The SMILES string of the molecule is C/C=C/C(=O)O.C/C=C/C(=O)O.C/C=C/C(=O)O.C/C=C/C(=O)O.OC[C@@H](O)[C@@H](O)[C@H](O)[C@@H](O)CO. The molecule has 0 rings (SSSR count). The molecule has 4 atom stereocenters. The fourth-order valence-electron chi connectivity index (χ4n) is 1.24. The van der Waals surface area contributed by atoms with E-state index in [9.17, 15) is 19.2 Å². The Labute approximate surface area is 208 Å². The molecule has 0 amide bonds. The Bertz CT molecular complexity index is 580. The van der Waals surface area contributed by atoms with Gasteiger partial charge in [-0.05, 0) is 27.7 Å². The predicted octanol–water partition coefficient (Wildman–Crippen LogP) is -0.997. The van der Waals surface area contributed by atoms with E-state index in [4.69, 9.17) is 51.1 Å².